The van der Waals surface area contributed by atoms with Gasteiger partial charge < -0.3 is 9.47 Å². The van der Waals surface area contributed by atoms with Crippen LogP contribution in [-0.2, 0) is 16.1 Å². The summed E-state index contributed by atoms with van der Waals surface area (Å²) in [5, 5.41) is 3.96. The van der Waals surface area contributed by atoms with Crippen molar-refractivity contribution in [1.29, 1.82) is 0 Å². The molecule has 1 atom stereocenters. The molecule has 0 aromatic carbocycles. The summed E-state index contributed by atoms with van der Waals surface area (Å²) in [4.78, 5) is 13.8. The Labute approximate surface area is 134 Å². The molecule has 0 unspecified atom stereocenters. The lowest BCUT2D eigenvalue weighted by Gasteiger charge is -2.41. The first-order valence-electron chi connectivity index (χ1n) is 7.64. The molecule has 0 saturated carbocycles. The molecule has 2 heterocycles. The molecule has 1 saturated heterocycles. The van der Waals surface area contributed by atoms with E-state index in [4.69, 9.17) is 9.47 Å². The van der Waals surface area contributed by atoms with Crippen LogP contribution >= 0.6 is 0 Å². The Morgan fingerprint density at radius 3 is 2.83 bits per heavy atom. The van der Waals surface area contributed by atoms with Crippen LogP contribution in [0, 0.1) is 0 Å². The quantitative estimate of drug-likeness (QED) is 0.776. The average Bonchev–Trinajstić information content (AvgIpc) is 2.80. The van der Waals surface area contributed by atoms with Crippen molar-refractivity contribution in [3.05, 3.63) is 17.5 Å². The van der Waals surface area contributed by atoms with Gasteiger partial charge in [-0.1, -0.05) is 0 Å². The minimum Gasteiger partial charge on any atom is -0.462 e. The average molecular weight is 331 g/mol. The highest BCUT2D eigenvalue weighted by Gasteiger charge is 2.33. The topological polar surface area (TPSA) is 56.6 Å². The Kier molecular flexibility index (Phi) is 5.36. The van der Waals surface area contributed by atoms with E-state index in [1.54, 1.807) is 6.92 Å². The van der Waals surface area contributed by atoms with E-state index in [9.17, 15) is 13.6 Å². The van der Waals surface area contributed by atoms with Crippen LogP contribution in [0.2, 0.25) is 0 Å². The fourth-order valence-electron chi connectivity index (χ4n) is 2.99. The van der Waals surface area contributed by atoms with Gasteiger partial charge in [0.25, 0.3) is 6.43 Å². The van der Waals surface area contributed by atoms with Crippen LogP contribution in [0.4, 0.5) is 8.78 Å². The van der Waals surface area contributed by atoms with Crippen LogP contribution in [0.1, 0.15) is 50.2 Å². The molecule has 0 spiro atoms. The second kappa shape index (κ2) is 6.92. The van der Waals surface area contributed by atoms with E-state index in [-0.39, 0.29) is 30.5 Å². The van der Waals surface area contributed by atoms with Crippen LogP contribution in [0.3, 0.4) is 0 Å². The second-order valence-electron chi connectivity index (χ2n) is 6.31. The third-order valence-electron chi connectivity index (χ3n) is 3.56. The predicted molar refractivity (Wildman–Crippen MR) is 79.3 cm³/mol. The van der Waals surface area contributed by atoms with Crippen LogP contribution in [0.25, 0.3) is 0 Å². The van der Waals surface area contributed by atoms with E-state index in [1.807, 2.05) is 25.7 Å². The third-order valence-corrected chi connectivity index (χ3v) is 3.56. The molecule has 1 aliphatic heterocycles. The molecule has 8 heteroatoms. The molecular weight excluding hydrogens is 308 g/mol. The number of hydrogen-bond acceptors (Lipinski definition) is 5. The van der Waals surface area contributed by atoms with E-state index < -0.39 is 18.1 Å². The first kappa shape index (κ1) is 17.8. The predicted octanol–water partition coefficient (Wildman–Crippen LogP) is 2.45. The van der Waals surface area contributed by atoms with Crippen LogP contribution in [0.15, 0.2) is 6.20 Å². The lowest BCUT2D eigenvalue weighted by atomic mass is 10.1. The Morgan fingerprint density at radius 1 is 1.57 bits per heavy atom. The number of aromatic nitrogens is 2. The van der Waals surface area contributed by atoms with Gasteiger partial charge >= 0.3 is 5.97 Å². The third kappa shape index (κ3) is 4.26. The molecule has 1 aromatic rings. The lowest BCUT2D eigenvalue weighted by molar-refractivity contribution is -0.136. The molecule has 130 valence electrons. The van der Waals surface area contributed by atoms with Crippen molar-refractivity contribution in [3.8, 4) is 0 Å². The molecular formula is C15H23F2N3O3. The Balaban J connectivity index is 2.21. The molecule has 1 fully saturated rings. The number of esters is 1. The van der Waals surface area contributed by atoms with Crippen LogP contribution in [0.5, 0.6) is 0 Å². The number of halogens is 2. The highest BCUT2D eigenvalue weighted by molar-refractivity contribution is 5.90. The van der Waals surface area contributed by atoms with Crippen molar-refractivity contribution in [2.24, 2.45) is 0 Å². The minimum absolute atomic E-state index is 0.00570. The highest BCUT2D eigenvalue weighted by atomic mass is 19.3. The van der Waals surface area contributed by atoms with Crippen molar-refractivity contribution in [2.45, 2.75) is 52.5 Å². The number of nitrogens with zero attached hydrogens (tertiary/aromatic N) is 3. The maximum Gasteiger partial charge on any atom is 0.341 e. The summed E-state index contributed by atoms with van der Waals surface area (Å²) >= 11 is 0. The maximum absolute atomic E-state index is 13.4. The van der Waals surface area contributed by atoms with Gasteiger partial charge in [0.1, 0.15) is 11.3 Å². The van der Waals surface area contributed by atoms with Crippen molar-refractivity contribution in [1.82, 2.24) is 14.7 Å². The number of rotatable bonds is 5. The van der Waals surface area contributed by atoms with Crippen molar-refractivity contribution in [3.63, 3.8) is 0 Å². The fraction of sp³-hybridized carbons (Fsp3) is 0.733. The zero-order chi connectivity index (χ0) is 17.2. The van der Waals surface area contributed by atoms with Gasteiger partial charge in [-0.25, -0.2) is 18.3 Å². The van der Waals surface area contributed by atoms with Gasteiger partial charge in [0.05, 0.1) is 31.2 Å². The number of alkyl halides is 2. The van der Waals surface area contributed by atoms with Gasteiger partial charge in [-0.05, 0) is 27.7 Å². The summed E-state index contributed by atoms with van der Waals surface area (Å²) in [6.07, 6.45) is -1.66. The lowest BCUT2D eigenvalue weighted by Crippen LogP contribution is -2.52. The summed E-state index contributed by atoms with van der Waals surface area (Å²) in [5.41, 5.74) is -0.942. The molecule has 6 nitrogen and oxygen atoms in total. The molecule has 1 aliphatic rings. The largest absolute Gasteiger partial charge is 0.462 e. The molecule has 0 amide bonds. The van der Waals surface area contributed by atoms with Gasteiger partial charge in [-0.15, -0.1) is 0 Å². The number of carbonyl (C=O) groups is 1. The van der Waals surface area contributed by atoms with Crippen LogP contribution < -0.4 is 0 Å². The minimum atomic E-state index is -2.80. The standard InChI is InChI=1S/C15H23F2N3O3/c1-5-22-14(21)11-6-18-20(12(11)13(16)17)9-19-7-10(2)23-15(3,4)8-19/h6,10,13H,5,7-9H2,1-4H3/t10-/m1/s1. The van der Waals surface area contributed by atoms with E-state index in [0.29, 0.717) is 13.1 Å². The Morgan fingerprint density at radius 2 is 2.26 bits per heavy atom. The first-order valence-corrected chi connectivity index (χ1v) is 7.64. The van der Waals surface area contributed by atoms with Crippen LogP contribution in [-0.4, -0.2) is 52.1 Å². The van der Waals surface area contributed by atoms with Gasteiger partial charge in [0.15, 0.2) is 0 Å². The second-order valence-corrected chi connectivity index (χ2v) is 6.31. The van der Waals surface area contributed by atoms with E-state index in [1.165, 1.54) is 4.68 Å². The van der Waals surface area contributed by atoms with Gasteiger partial charge in [-0.3, -0.25) is 4.90 Å². The zero-order valence-electron chi connectivity index (χ0n) is 13.9. The van der Waals surface area contributed by atoms with E-state index in [0.717, 1.165) is 6.20 Å². The molecule has 0 aliphatic carbocycles. The molecule has 0 N–H and O–H groups in total. The maximum atomic E-state index is 13.4. The van der Waals surface area contributed by atoms with Gasteiger partial charge in [0, 0.05) is 13.1 Å². The molecule has 2 rings (SSSR count). The summed E-state index contributed by atoms with van der Waals surface area (Å²) < 4.78 is 38.6. The van der Waals surface area contributed by atoms with Gasteiger partial charge in [-0.2, -0.15) is 5.10 Å². The molecule has 23 heavy (non-hydrogen) atoms. The summed E-state index contributed by atoms with van der Waals surface area (Å²) in [6.45, 7) is 8.98. The van der Waals surface area contributed by atoms with E-state index in [2.05, 4.69) is 5.10 Å². The van der Waals surface area contributed by atoms with Crippen molar-refractivity contribution < 1.29 is 23.0 Å². The summed E-state index contributed by atoms with van der Waals surface area (Å²) in [5.74, 6) is -0.773. The number of carbonyl (C=O) groups excluding carboxylic acids is 1. The molecule has 0 radical (unpaired) electrons. The summed E-state index contributed by atoms with van der Waals surface area (Å²) in [7, 11) is 0. The first-order chi connectivity index (χ1) is 10.7. The fourth-order valence-corrected chi connectivity index (χ4v) is 2.99. The van der Waals surface area contributed by atoms with E-state index >= 15 is 0 Å². The number of ether oxygens (including phenoxy) is 2. The SMILES string of the molecule is CCOC(=O)c1cnn(CN2C[C@@H](C)OC(C)(C)C2)c1C(F)F. The molecule has 1 aromatic heterocycles. The number of morpholine rings is 1. The normalized spacial score (nSPS) is 21.6. The Bertz CT molecular complexity index is 560. The van der Waals surface area contributed by atoms with Crippen molar-refractivity contribution >= 4 is 5.97 Å². The Hall–Kier alpha value is -1.54. The highest BCUT2D eigenvalue weighted by Crippen LogP contribution is 2.26. The summed E-state index contributed by atoms with van der Waals surface area (Å²) in [6, 6.07) is 0. The van der Waals surface area contributed by atoms with Gasteiger partial charge in [0.2, 0.25) is 0 Å². The monoisotopic (exact) mass is 331 g/mol. The molecule has 0 bridgehead atoms. The smallest absolute Gasteiger partial charge is 0.341 e. The van der Waals surface area contributed by atoms with Crippen molar-refractivity contribution in [2.75, 3.05) is 19.7 Å². The zero-order valence-corrected chi connectivity index (χ0v) is 13.9. The number of hydrogen-bond donors (Lipinski definition) is 0.